The second-order valence-electron chi connectivity index (χ2n) is 2.65. The summed E-state index contributed by atoms with van der Waals surface area (Å²) in [5.74, 6) is -0.993. The minimum Gasteiger partial charge on any atom is -0.480 e. The van der Waals surface area contributed by atoms with Gasteiger partial charge in [-0.25, -0.2) is 0 Å². The van der Waals surface area contributed by atoms with E-state index in [0.29, 0.717) is 6.42 Å². The standard InChI is InChI=1S/C6H12N4O2/c1-10-3-4(8-9-10)2-5(7)6(11)12/h3,5,8-9H,2,7H2,1H3,(H,11,12). The van der Waals surface area contributed by atoms with Gasteiger partial charge in [0.1, 0.15) is 6.04 Å². The van der Waals surface area contributed by atoms with Crippen LogP contribution < -0.4 is 16.7 Å². The number of hydrazine groups is 2. The number of hydrogen-bond acceptors (Lipinski definition) is 5. The molecule has 0 aromatic rings. The molecule has 0 aromatic carbocycles. The highest BCUT2D eigenvalue weighted by Crippen LogP contribution is 2.04. The Balaban J connectivity index is 2.41. The van der Waals surface area contributed by atoms with Crippen molar-refractivity contribution in [3.05, 3.63) is 11.9 Å². The minimum absolute atomic E-state index is 0.298. The van der Waals surface area contributed by atoms with E-state index in [4.69, 9.17) is 10.8 Å². The van der Waals surface area contributed by atoms with Crippen molar-refractivity contribution in [2.75, 3.05) is 7.05 Å². The summed E-state index contributed by atoms with van der Waals surface area (Å²) in [6.45, 7) is 0. The fraction of sp³-hybridized carbons (Fsp3) is 0.500. The number of carboxylic acid groups (broad SMARTS) is 1. The molecule has 6 heteroatoms. The third-order valence-corrected chi connectivity index (χ3v) is 1.50. The predicted molar refractivity (Wildman–Crippen MR) is 42.3 cm³/mol. The van der Waals surface area contributed by atoms with Gasteiger partial charge in [0.15, 0.2) is 0 Å². The van der Waals surface area contributed by atoms with Crippen molar-refractivity contribution in [2.45, 2.75) is 12.5 Å². The van der Waals surface area contributed by atoms with Crippen LogP contribution in [0.15, 0.2) is 11.9 Å². The monoisotopic (exact) mass is 172 g/mol. The van der Waals surface area contributed by atoms with Gasteiger partial charge in [0.05, 0.1) is 0 Å². The summed E-state index contributed by atoms with van der Waals surface area (Å²) < 4.78 is 0. The van der Waals surface area contributed by atoms with Gasteiger partial charge in [0.2, 0.25) is 0 Å². The largest absolute Gasteiger partial charge is 0.480 e. The Kier molecular flexibility index (Phi) is 2.51. The summed E-state index contributed by atoms with van der Waals surface area (Å²) in [7, 11) is 1.80. The third kappa shape index (κ3) is 2.11. The molecule has 1 heterocycles. The fourth-order valence-electron chi connectivity index (χ4n) is 0.886. The molecule has 68 valence electrons. The van der Waals surface area contributed by atoms with Crippen molar-refractivity contribution < 1.29 is 9.90 Å². The highest BCUT2D eigenvalue weighted by molar-refractivity contribution is 5.73. The highest BCUT2D eigenvalue weighted by Gasteiger charge is 2.16. The SMILES string of the molecule is CN1C=C(CC(N)C(=O)O)NN1. The molecule has 1 unspecified atom stereocenters. The Morgan fingerprint density at radius 2 is 2.58 bits per heavy atom. The summed E-state index contributed by atoms with van der Waals surface area (Å²) in [6, 6.07) is -0.850. The lowest BCUT2D eigenvalue weighted by Gasteiger charge is -2.07. The molecule has 0 radical (unpaired) electrons. The van der Waals surface area contributed by atoms with Crippen molar-refractivity contribution in [1.82, 2.24) is 16.0 Å². The molecule has 12 heavy (non-hydrogen) atoms. The molecule has 1 atom stereocenters. The molecule has 0 bridgehead atoms. The first-order valence-corrected chi connectivity index (χ1v) is 3.53. The second-order valence-corrected chi connectivity index (χ2v) is 2.65. The van der Waals surface area contributed by atoms with Gasteiger partial charge in [0.25, 0.3) is 0 Å². The van der Waals surface area contributed by atoms with Gasteiger partial charge >= 0.3 is 5.97 Å². The van der Waals surface area contributed by atoms with Crippen LogP contribution in [-0.2, 0) is 4.79 Å². The number of carboxylic acids is 1. The van der Waals surface area contributed by atoms with E-state index >= 15 is 0 Å². The maximum atomic E-state index is 10.4. The molecule has 0 saturated carbocycles. The van der Waals surface area contributed by atoms with Crippen LogP contribution in [0.5, 0.6) is 0 Å². The number of rotatable bonds is 3. The second kappa shape index (κ2) is 3.42. The Morgan fingerprint density at radius 3 is 3.00 bits per heavy atom. The number of aliphatic carboxylic acids is 1. The van der Waals surface area contributed by atoms with E-state index in [1.54, 1.807) is 18.3 Å². The molecule has 5 N–H and O–H groups in total. The summed E-state index contributed by atoms with van der Waals surface area (Å²) in [5.41, 5.74) is 11.6. The first-order valence-electron chi connectivity index (χ1n) is 3.53. The molecule has 0 fully saturated rings. The van der Waals surface area contributed by atoms with Crippen molar-refractivity contribution >= 4 is 5.97 Å². The average molecular weight is 172 g/mol. The van der Waals surface area contributed by atoms with Crippen molar-refractivity contribution in [3.63, 3.8) is 0 Å². The fourth-order valence-corrected chi connectivity index (χ4v) is 0.886. The smallest absolute Gasteiger partial charge is 0.320 e. The van der Waals surface area contributed by atoms with E-state index in [1.165, 1.54) is 0 Å². The summed E-state index contributed by atoms with van der Waals surface area (Å²) in [5, 5.41) is 10.2. The van der Waals surface area contributed by atoms with Crippen molar-refractivity contribution in [3.8, 4) is 0 Å². The van der Waals surface area contributed by atoms with E-state index < -0.39 is 12.0 Å². The zero-order valence-corrected chi connectivity index (χ0v) is 6.74. The number of nitrogens with zero attached hydrogens (tertiary/aromatic N) is 1. The molecule has 6 nitrogen and oxygen atoms in total. The maximum Gasteiger partial charge on any atom is 0.320 e. The third-order valence-electron chi connectivity index (χ3n) is 1.50. The van der Waals surface area contributed by atoms with Gasteiger partial charge in [-0.2, -0.15) is 0 Å². The van der Waals surface area contributed by atoms with E-state index in [2.05, 4.69) is 11.0 Å². The molecule has 1 rings (SSSR count). The summed E-state index contributed by atoms with van der Waals surface area (Å²) in [4.78, 5) is 10.4. The zero-order valence-electron chi connectivity index (χ0n) is 6.74. The van der Waals surface area contributed by atoms with Crippen LogP contribution in [0.3, 0.4) is 0 Å². The van der Waals surface area contributed by atoms with E-state index in [-0.39, 0.29) is 0 Å². The quantitative estimate of drug-likeness (QED) is 0.418. The molecule has 0 amide bonds. The molecular formula is C6H12N4O2. The molecule has 1 aliphatic rings. The lowest BCUT2D eigenvalue weighted by Crippen LogP contribution is -2.36. The van der Waals surface area contributed by atoms with Crippen LogP contribution in [-0.4, -0.2) is 29.2 Å². The van der Waals surface area contributed by atoms with Gasteiger partial charge in [-0.15, -0.1) is 5.53 Å². The van der Waals surface area contributed by atoms with Gasteiger partial charge in [-0.05, 0) is 0 Å². The lowest BCUT2D eigenvalue weighted by molar-refractivity contribution is -0.138. The maximum absolute atomic E-state index is 10.4. The molecule has 0 aromatic heterocycles. The number of carbonyl (C=O) groups is 1. The van der Waals surface area contributed by atoms with Gasteiger partial charge in [-0.3, -0.25) is 9.80 Å². The molecule has 1 aliphatic heterocycles. The first kappa shape index (κ1) is 8.82. The molecule has 0 aliphatic carbocycles. The Labute approximate surface area is 70.0 Å². The van der Waals surface area contributed by atoms with Crippen LogP contribution in [0.1, 0.15) is 6.42 Å². The van der Waals surface area contributed by atoms with Crippen LogP contribution in [0.2, 0.25) is 0 Å². The van der Waals surface area contributed by atoms with Crippen molar-refractivity contribution in [1.29, 1.82) is 0 Å². The Bertz CT molecular complexity index is 216. The average Bonchev–Trinajstić information content (AvgIpc) is 2.35. The minimum atomic E-state index is -0.993. The van der Waals surface area contributed by atoms with E-state index in [0.717, 1.165) is 5.70 Å². The Morgan fingerprint density at radius 1 is 1.92 bits per heavy atom. The number of nitrogens with one attached hydrogen (secondary N) is 2. The highest BCUT2D eigenvalue weighted by atomic mass is 16.4. The van der Waals surface area contributed by atoms with E-state index in [9.17, 15) is 4.79 Å². The van der Waals surface area contributed by atoms with Crippen LogP contribution >= 0.6 is 0 Å². The molecule has 0 saturated heterocycles. The zero-order chi connectivity index (χ0) is 9.14. The van der Waals surface area contributed by atoms with Gasteiger partial charge in [-0.1, -0.05) is 0 Å². The molecular weight excluding hydrogens is 160 g/mol. The van der Waals surface area contributed by atoms with Gasteiger partial charge < -0.3 is 16.3 Å². The first-order chi connectivity index (χ1) is 5.59. The topological polar surface area (TPSA) is 90.6 Å². The summed E-state index contributed by atoms with van der Waals surface area (Å²) >= 11 is 0. The Hall–Kier alpha value is -1.27. The van der Waals surface area contributed by atoms with Crippen LogP contribution in [0.25, 0.3) is 0 Å². The number of hydrogen-bond donors (Lipinski definition) is 4. The predicted octanol–water partition coefficient (Wildman–Crippen LogP) is -1.42. The van der Waals surface area contributed by atoms with E-state index in [1.807, 2.05) is 0 Å². The normalized spacial score (nSPS) is 18.5. The molecule has 0 spiro atoms. The van der Waals surface area contributed by atoms with Crippen molar-refractivity contribution in [2.24, 2.45) is 5.73 Å². The lowest BCUT2D eigenvalue weighted by atomic mass is 10.2. The number of nitrogens with two attached hydrogens (primary N) is 1. The van der Waals surface area contributed by atoms with Gasteiger partial charge in [0, 0.05) is 25.4 Å². The van der Waals surface area contributed by atoms with Crippen LogP contribution in [0, 0.1) is 0 Å². The summed E-state index contributed by atoms with van der Waals surface area (Å²) in [6.07, 6.45) is 2.05. The van der Waals surface area contributed by atoms with Crippen LogP contribution in [0.4, 0.5) is 0 Å².